The maximum absolute atomic E-state index is 11.7. The summed E-state index contributed by atoms with van der Waals surface area (Å²) in [6.45, 7) is 1.60. The first-order valence-corrected chi connectivity index (χ1v) is 7.70. The highest BCUT2D eigenvalue weighted by atomic mass is 19.4. The first-order valence-electron chi connectivity index (χ1n) is 7.70. The maximum Gasteiger partial charge on any atom is 0.490 e. The predicted octanol–water partition coefficient (Wildman–Crippen LogP) is 0.815. The molecule has 1 rings (SSSR count). The third kappa shape index (κ3) is 6.95. The van der Waals surface area contributed by atoms with Gasteiger partial charge in [0.1, 0.15) is 0 Å². The standard InChI is InChI=1S/C14H20N2O5.C2HF3O2/c1-14(4-5-15,13(16)21)9(12(19)20)6-8-2-3-10(17)11(18)7-8;3-2(4,5)1(6)7/h2-3,7,9,17-18H,4-6,15H2,1H3,(H2,16,21)(H,19,20);(H,6,7). The fourth-order valence-electron chi connectivity index (χ4n) is 2.29. The number of halogens is 3. The van der Waals surface area contributed by atoms with E-state index in [4.69, 9.17) is 21.4 Å². The number of phenolic OH excluding ortho intramolecular Hbond substituents is 2. The van der Waals surface area contributed by atoms with Crippen molar-refractivity contribution in [2.45, 2.75) is 25.9 Å². The third-order valence-electron chi connectivity index (χ3n) is 4.02. The van der Waals surface area contributed by atoms with Crippen LogP contribution in [0, 0.1) is 11.3 Å². The molecule has 1 amide bonds. The molecule has 0 saturated carbocycles. The highest BCUT2D eigenvalue weighted by molar-refractivity contribution is 5.87. The molecule has 0 heterocycles. The van der Waals surface area contributed by atoms with E-state index in [1.165, 1.54) is 25.1 Å². The molecule has 1 aromatic rings. The number of alkyl halides is 3. The number of carboxylic acids is 2. The normalized spacial score (nSPS) is 14.2. The summed E-state index contributed by atoms with van der Waals surface area (Å²) in [6.07, 6.45) is -4.95. The molecule has 0 aliphatic heterocycles. The van der Waals surface area contributed by atoms with Crippen molar-refractivity contribution in [3.63, 3.8) is 0 Å². The molecule has 8 N–H and O–H groups in total. The second-order valence-electron chi connectivity index (χ2n) is 6.04. The van der Waals surface area contributed by atoms with Crippen LogP contribution in [0.15, 0.2) is 18.2 Å². The molecule has 0 aromatic heterocycles. The van der Waals surface area contributed by atoms with E-state index in [1.54, 1.807) is 0 Å². The minimum atomic E-state index is -5.08. The second kappa shape index (κ2) is 9.78. The maximum atomic E-state index is 11.7. The van der Waals surface area contributed by atoms with Gasteiger partial charge in [0.25, 0.3) is 0 Å². The molecular formula is C16H21F3N2O7. The lowest BCUT2D eigenvalue weighted by atomic mass is 9.71. The fraction of sp³-hybridized carbons (Fsp3) is 0.438. The van der Waals surface area contributed by atoms with Gasteiger partial charge in [-0.3, -0.25) is 9.59 Å². The minimum Gasteiger partial charge on any atom is -0.504 e. The van der Waals surface area contributed by atoms with E-state index in [9.17, 15) is 38.1 Å². The van der Waals surface area contributed by atoms with Gasteiger partial charge in [0.2, 0.25) is 5.91 Å². The van der Waals surface area contributed by atoms with Gasteiger partial charge in [0.15, 0.2) is 11.5 Å². The lowest BCUT2D eigenvalue weighted by Crippen LogP contribution is -2.46. The summed E-state index contributed by atoms with van der Waals surface area (Å²) in [6, 6.07) is 4.00. The van der Waals surface area contributed by atoms with E-state index < -0.39 is 35.4 Å². The molecular weight excluding hydrogens is 389 g/mol. The minimum absolute atomic E-state index is 0.0113. The van der Waals surface area contributed by atoms with Gasteiger partial charge in [-0.25, -0.2) is 4.79 Å². The molecule has 1 aromatic carbocycles. The Hall–Kier alpha value is -3.02. The van der Waals surface area contributed by atoms with Gasteiger partial charge in [-0.05, 0) is 44.0 Å². The zero-order valence-electron chi connectivity index (χ0n) is 14.7. The van der Waals surface area contributed by atoms with E-state index in [0.29, 0.717) is 5.56 Å². The van der Waals surface area contributed by atoms with Crippen LogP contribution in [-0.2, 0) is 20.8 Å². The van der Waals surface area contributed by atoms with E-state index in [-0.39, 0.29) is 30.9 Å². The summed E-state index contributed by atoms with van der Waals surface area (Å²) in [5.41, 5.74) is 9.99. The second-order valence-corrected chi connectivity index (χ2v) is 6.04. The van der Waals surface area contributed by atoms with Crippen LogP contribution in [0.4, 0.5) is 13.2 Å². The quantitative estimate of drug-likeness (QED) is 0.357. The van der Waals surface area contributed by atoms with Gasteiger partial charge >= 0.3 is 18.1 Å². The van der Waals surface area contributed by atoms with Gasteiger partial charge in [-0.15, -0.1) is 0 Å². The smallest absolute Gasteiger partial charge is 0.490 e. The zero-order valence-corrected chi connectivity index (χ0v) is 14.7. The topological polar surface area (TPSA) is 184 Å². The monoisotopic (exact) mass is 410 g/mol. The summed E-state index contributed by atoms with van der Waals surface area (Å²) in [5, 5.41) is 35.3. The number of carboxylic acid groups (broad SMARTS) is 2. The number of nitrogens with two attached hydrogens (primary N) is 2. The highest BCUT2D eigenvalue weighted by Gasteiger charge is 2.43. The third-order valence-corrected chi connectivity index (χ3v) is 4.02. The number of benzene rings is 1. The number of amides is 1. The van der Waals surface area contributed by atoms with Crippen LogP contribution in [0.25, 0.3) is 0 Å². The van der Waals surface area contributed by atoms with E-state index in [2.05, 4.69) is 0 Å². The number of carbonyl (C=O) groups excluding carboxylic acids is 1. The van der Waals surface area contributed by atoms with Crippen molar-refractivity contribution >= 4 is 17.8 Å². The average Bonchev–Trinajstić information content (AvgIpc) is 2.55. The molecule has 158 valence electrons. The summed E-state index contributed by atoms with van der Waals surface area (Å²) >= 11 is 0. The van der Waals surface area contributed by atoms with Gasteiger partial charge in [-0.1, -0.05) is 6.07 Å². The van der Waals surface area contributed by atoms with E-state index in [1.807, 2.05) is 0 Å². The number of aromatic hydroxyl groups is 2. The van der Waals surface area contributed by atoms with Crippen LogP contribution in [0.3, 0.4) is 0 Å². The summed E-state index contributed by atoms with van der Waals surface area (Å²) in [5.74, 6) is -6.39. The largest absolute Gasteiger partial charge is 0.504 e. The Kier molecular flexibility index (Phi) is 8.73. The van der Waals surface area contributed by atoms with E-state index >= 15 is 0 Å². The molecule has 0 bridgehead atoms. The lowest BCUT2D eigenvalue weighted by molar-refractivity contribution is -0.192. The summed E-state index contributed by atoms with van der Waals surface area (Å²) < 4.78 is 31.7. The van der Waals surface area contributed by atoms with Crippen molar-refractivity contribution in [2.75, 3.05) is 6.54 Å². The van der Waals surface area contributed by atoms with Gasteiger partial charge in [-0.2, -0.15) is 13.2 Å². The number of phenols is 2. The van der Waals surface area contributed by atoms with Crippen molar-refractivity contribution in [3.05, 3.63) is 23.8 Å². The van der Waals surface area contributed by atoms with Crippen LogP contribution in [0.2, 0.25) is 0 Å². The molecule has 12 heteroatoms. The Morgan fingerprint density at radius 2 is 1.61 bits per heavy atom. The van der Waals surface area contributed by atoms with Crippen LogP contribution < -0.4 is 11.5 Å². The molecule has 0 spiro atoms. The number of hydrogen-bond acceptors (Lipinski definition) is 6. The molecule has 0 fully saturated rings. The molecule has 2 atom stereocenters. The Bertz CT molecular complexity index is 725. The Labute approximate surface area is 157 Å². The summed E-state index contributed by atoms with van der Waals surface area (Å²) in [4.78, 5) is 32.1. The predicted molar refractivity (Wildman–Crippen MR) is 89.3 cm³/mol. The average molecular weight is 410 g/mol. The van der Waals surface area contributed by atoms with Gasteiger partial charge < -0.3 is 31.9 Å². The number of rotatable bonds is 7. The number of aliphatic carboxylic acids is 2. The number of carbonyl (C=O) groups is 3. The SMILES string of the molecule is CC(CCN)(C(N)=O)C(Cc1ccc(O)c(O)c1)C(=O)O.O=C(O)C(F)(F)F. The fourth-order valence-corrected chi connectivity index (χ4v) is 2.29. The number of hydrogen-bond donors (Lipinski definition) is 6. The first kappa shape index (κ1) is 25.0. The highest BCUT2D eigenvalue weighted by Crippen LogP contribution is 2.35. The van der Waals surface area contributed by atoms with Gasteiger partial charge in [0.05, 0.1) is 11.3 Å². The molecule has 9 nitrogen and oxygen atoms in total. The van der Waals surface area contributed by atoms with Crippen LogP contribution in [0.5, 0.6) is 11.5 Å². The Morgan fingerprint density at radius 1 is 1.11 bits per heavy atom. The number of primary amides is 1. The van der Waals surface area contributed by atoms with Crippen molar-refractivity contribution in [1.82, 2.24) is 0 Å². The zero-order chi connectivity index (χ0) is 22.3. The molecule has 0 aliphatic carbocycles. The summed E-state index contributed by atoms with van der Waals surface area (Å²) in [7, 11) is 0. The first-order chi connectivity index (χ1) is 12.7. The lowest BCUT2D eigenvalue weighted by Gasteiger charge is -2.32. The Balaban J connectivity index is 0.000000887. The van der Waals surface area contributed by atoms with Gasteiger partial charge in [0, 0.05) is 0 Å². The van der Waals surface area contributed by atoms with Crippen molar-refractivity contribution in [3.8, 4) is 11.5 Å². The van der Waals surface area contributed by atoms with Crippen molar-refractivity contribution < 1.29 is 48.0 Å². The molecule has 2 unspecified atom stereocenters. The molecule has 0 radical (unpaired) electrons. The molecule has 0 aliphatic rings. The van der Waals surface area contributed by atoms with E-state index in [0.717, 1.165) is 0 Å². The Morgan fingerprint density at radius 3 is 1.93 bits per heavy atom. The van der Waals surface area contributed by atoms with Crippen LogP contribution in [-0.4, -0.2) is 51.0 Å². The molecule has 0 saturated heterocycles. The molecule has 28 heavy (non-hydrogen) atoms. The van der Waals surface area contributed by atoms with Crippen molar-refractivity contribution in [2.24, 2.45) is 22.8 Å². The van der Waals surface area contributed by atoms with Crippen LogP contribution in [0.1, 0.15) is 18.9 Å². The van der Waals surface area contributed by atoms with Crippen molar-refractivity contribution in [1.29, 1.82) is 0 Å². The van der Waals surface area contributed by atoms with Crippen LogP contribution >= 0.6 is 0 Å².